The van der Waals surface area contributed by atoms with Gasteiger partial charge in [0.25, 0.3) is 0 Å². The fraction of sp³-hybridized carbons (Fsp3) is 0.250. The van der Waals surface area contributed by atoms with Crippen LogP contribution in [0.15, 0.2) is 47.0 Å². The van der Waals surface area contributed by atoms with Crippen molar-refractivity contribution in [1.82, 2.24) is 9.88 Å². The van der Waals surface area contributed by atoms with Gasteiger partial charge in [0, 0.05) is 43.4 Å². The lowest BCUT2D eigenvalue weighted by molar-refractivity contribution is -0.125. The fourth-order valence-corrected chi connectivity index (χ4v) is 3.37. The van der Waals surface area contributed by atoms with Crippen LogP contribution in [-0.4, -0.2) is 35.3 Å². The predicted molar refractivity (Wildman–Crippen MR) is 124 cm³/mol. The molecule has 1 aliphatic heterocycles. The first-order valence-corrected chi connectivity index (χ1v) is 10.1. The summed E-state index contributed by atoms with van der Waals surface area (Å²) in [6.07, 6.45) is 4.86. The number of fused-ring (bicyclic) bond motifs is 2. The fourth-order valence-electron chi connectivity index (χ4n) is 3.37. The molecule has 1 atom stereocenters. The first kappa shape index (κ1) is 22.6. The van der Waals surface area contributed by atoms with Crippen molar-refractivity contribution >= 4 is 40.4 Å². The zero-order chi connectivity index (χ0) is 23.3. The van der Waals surface area contributed by atoms with Crippen LogP contribution in [0, 0.1) is 24.7 Å². The van der Waals surface area contributed by atoms with Crippen LogP contribution in [0.3, 0.4) is 0 Å². The molecule has 1 aromatic carbocycles. The van der Waals surface area contributed by atoms with Crippen molar-refractivity contribution in [3.05, 3.63) is 59.5 Å². The number of nitriles is 1. The van der Waals surface area contributed by atoms with E-state index >= 15 is 0 Å². The van der Waals surface area contributed by atoms with Crippen LogP contribution >= 0.6 is 0 Å². The molecule has 3 aromatic rings. The van der Waals surface area contributed by atoms with E-state index in [4.69, 9.17) is 9.68 Å². The summed E-state index contributed by atoms with van der Waals surface area (Å²) in [5.74, 6) is 0.941. The number of pyridine rings is 1. The molecule has 0 bridgehead atoms. The highest BCUT2D eigenvalue weighted by atomic mass is 16.3. The van der Waals surface area contributed by atoms with Crippen molar-refractivity contribution in [3.8, 4) is 6.57 Å². The topological polar surface area (TPSA) is 111 Å². The summed E-state index contributed by atoms with van der Waals surface area (Å²) in [6, 6.07) is 9.72. The standard InChI is InChI=1S/C23H24N4O3.CHN/c1-14-11-24-18-10-16(12-25-22(18)26-23(14)29)8-9-21(28)27(3)13-20-15(2)17-6-4-5-7-19(17)30-20;1-2/h4-10,12,14,24H,11,13H2,1-3H3,(H,25,26,29);1H/b9-8+;. The van der Waals surface area contributed by atoms with Crippen LogP contribution < -0.4 is 10.6 Å². The van der Waals surface area contributed by atoms with Gasteiger partial charge in [0.2, 0.25) is 11.8 Å². The molecule has 0 spiro atoms. The third-order valence-electron chi connectivity index (χ3n) is 5.31. The van der Waals surface area contributed by atoms with Gasteiger partial charge < -0.3 is 20.0 Å². The summed E-state index contributed by atoms with van der Waals surface area (Å²) in [5.41, 5.74) is 3.39. The maximum Gasteiger partial charge on any atom is 0.246 e. The number of nitrogens with zero attached hydrogens (tertiary/aromatic N) is 3. The van der Waals surface area contributed by atoms with E-state index in [0.717, 1.165) is 33.5 Å². The third-order valence-corrected chi connectivity index (χ3v) is 5.31. The van der Waals surface area contributed by atoms with E-state index in [0.29, 0.717) is 18.9 Å². The van der Waals surface area contributed by atoms with Gasteiger partial charge in [-0.05, 0) is 30.7 Å². The first-order valence-electron chi connectivity index (χ1n) is 10.1. The summed E-state index contributed by atoms with van der Waals surface area (Å²) < 4.78 is 5.90. The Morgan fingerprint density at radius 2 is 2.12 bits per heavy atom. The number of hydrogen-bond donors (Lipinski definition) is 2. The number of para-hydroxylation sites is 1. The molecular formula is C24H25N5O3. The molecule has 1 aliphatic rings. The van der Waals surface area contributed by atoms with Crippen LogP contribution in [-0.2, 0) is 16.1 Å². The van der Waals surface area contributed by atoms with Gasteiger partial charge in [-0.3, -0.25) is 9.59 Å². The minimum absolute atomic E-state index is 0.0604. The number of amides is 2. The average Bonchev–Trinajstić information content (AvgIpc) is 3.05. The molecule has 0 saturated carbocycles. The lowest BCUT2D eigenvalue weighted by atomic mass is 10.1. The van der Waals surface area contributed by atoms with E-state index in [1.54, 1.807) is 24.2 Å². The van der Waals surface area contributed by atoms with E-state index in [9.17, 15) is 9.59 Å². The van der Waals surface area contributed by atoms with Crippen molar-refractivity contribution in [2.45, 2.75) is 20.4 Å². The maximum atomic E-state index is 12.6. The number of aryl methyl sites for hydroxylation is 1. The van der Waals surface area contributed by atoms with Crippen LogP contribution in [0.1, 0.15) is 23.8 Å². The molecule has 0 aliphatic carbocycles. The molecule has 4 rings (SSSR count). The molecular weight excluding hydrogens is 406 g/mol. The van der Waals surface area contributed by atoms with E-state index in [2.05, 4.69) is 22.2 Å². The number of nitrogens with one attached hydrogen (secondary N) is 2. The highest BCUT2D eigenvalue weighted by molar-refractivity contribution is 5.96. The van der Waals surface area contributed by atoms with Crippen LogP contribution in [0.25, 0.3) is 17.0 Å². The van der Waals surface area contributed by atoms with Crippen molar-refractivity contribution in [1.29, 1.82) is 5.26 Å². The molecule has 0 fully saturated rings. The number of carbonyl (C=O) groups excluding carboxylic acids is 2. The van der Waals surface area contributed by atoms with Crippen LogP contribution in [0.4, 0.5) is 11.5 Å². The average molecular weight is 431 g/mol. The Bertz CT molecular complexity index is 1190. The largest absolute Gasteiger partial charge is 0.459 e. The Balaban J connectivity index is 0.00000141. The summed E-state index contributed by atoms with van der Waals surface area (Å²) in [5, 5.41) is 13.6. The monoisotopic (exact) mass is 431 g/mol. The second-order valence-corrected chi connectivity index (χ2v) is 7.61. The highest BCUT2D eigenvalue weighted by Gasteiger charge is 2.20. The second-order valence-electron chi connectivity index (χ2n) is 7.61. The normalized spacial score (nSPS) is 15.2. The Morgan fingerprint density at radius 1 is 1.38 bits per heavy atom. The Kier molecular flexibility index (Phi) is 6.90. The molecule has 8 nitrogen and oxygen atoms in total. The van der Waals surface area contributed by atoms with Gasteiger partial charge in [-0.1, -0.05) is 25.1 Å². The number of carbonyl (C=O) groups is 2. The Hall–Kier alpha value is -4.12. The molecule has 2 amide bonds. The second kappa shape index (κ2) is 9.79. The minimum atomic E-state index is -0.143. The molecule has 2 N–H and O–H groups in total. The third kappa shape index (κ3) is 4.78. The maximum absolute atomic E-state index is 12.6. The lowest BCUT2D eigenvalue weighted by Crippen LogP contribution is -2.24. The first-order chi connectivity index (χ1) is 15.4. The van der Waals surface area contributed by atoms with Gasteiger partial charge in [0.1, 0.15) is 11.3 Å². The number of likely N-dealkylation sites (N-methyl/N-ethyl adjacent to an activating group) is 1. The van der Waals surface area contributed by atoms with Crippen LogP contribution in [0.5, 0.6) is 0 Å². The smallest absolute Gasteiger partial charge is 0.246 e. The number of benzene rings is 1. The number of rotatable bonds is 4. The Morgan fingerprint density at radius 3 is 2.88 bits per heavy atom. The lowest BCUT2D eigenvalue weighted by Gasteiger charge is -2.14. The van der Waals surface area contributed by atoms with Gasteiger partial charge in [0.15, 0.2) is 5.82 Å². The molecule has 32 heavy (non-hydrogen) atoms. The highest BCUT2D eigenvalue weighted by Crippen LogP contribution is 2.26. The number of furan rings is 1. The summed E-state index contributed by atoms with van der Waals surface area (Å²) in [6.45, 7) is 8.28. The summed E-state index contributed by atoms with van der Waals surface area (Å²) in [4.78, 5) is 30.4. The predicted octanol–water partition coefficient (Wildman–Crippen LogP) is 3.95. The zero-order valence-electron chi connectivity index (χ0n) is 18.3. The molecule has 0 radical (unpaired) electrons. The molecule has 2 aromatic heterocycles. The van der Waals surface area contributed by atoms with E-state index < -0.39 is 0 Å². The molecule has 3 heterocycles. The Labute approximate surface area is 186 Å². The zero-order valence-corrected chi connectivity index (χ0v) is 18.3. The number of hydrogen-bond acceptors (Lipinski definition) is 6. The van der Waals surface area contributed by atoms with E-state index in [1.165, 1.54) is 6.08 Å². The van der Waals surface area contributed by atoms with Crippen molar-refractivity contribution < 1.29 is 14.0 Å². The summed E-state index contributed by atoms with van der Waals surface area (Å²) in [7, 11) is 1.74. The molecule has 164 valence electrons. The van der Waals surface area contributed by atoms with E-state index in [-0.39, 0.29) is 17.7 Å². The van der Waals surface area contributed by atoms with Crippen LogP contribution in [0.2, 0.25) is 0 Å². The number of aromatic nitrogens is 1. The van der Waals surface area contributed by atoms with Gasteiger partial charge in [0.05, 0.1) is 18.2 Å². The molecule has 1 unspecified atom stereocenters. The number of anilines is 2. The van der Waals surface area contributed by atoms with Gasteiger partial charge in [-0.15, -0.1) is 0 Å². The van der Waals surface area contributed by atoms with E-state index in [1.807, 2.05) is 44.2 Å². The van der Waals surface area contributed by atoms with Gasteiger partial charge in [-0.25, -0.2) is 10.2 Å². The van der Waals surface area contributed by atoms with Crippen molar-refractivity contribution in [3.63, 3.8) is 0 Å². The SMILES string of the molecule is C#N.Cc1c(CN(C)C(=O)/C=C/c2cnc3c(c2)NCC(C)C(=O)N3)oc2ccccc12. The summed E-state index contributed by atoms with van der Waals surface area (Å²) >= 11 is 0. The van der Waals surface area contributed by atoms with Gasteiger partial charge >= 0.3 is 0 Å². The molecule has 8 heteroatoms. The minimum Gasteiger partial charge on any atom is -0.459 e. The molecule has 0 saturated heterocycles. The van der Waals surface area contributed by atoms with Gasteiger partial charge in [-0.2, -0.15) is 0 Å². The quantitative estimate of drug-likeness (QED) is 0.605. The van der Waals surface area contributed by atoms with Crippen molar-refractivity contribution in [2.75, 3.05) is 24.2 Å². The van der Waals surface area contributed by atoms with Crippen molar-refractivity contribution in [2.24, 2.45) is 5.92 Å².